The predicted octanol–water partition coefficient (Wildman–Crippen LogP) is 5.68. The van der Waals surface area contributed by atoms with Gasteiger partial charge in [-0.1, -0.05) is 62.4 Å². The van der Waals surface area contributed by atoms with Crippen molar-refractivity contribution in [3.05, 3.63) is 70.8 Å². The molecule has 0 aliphatic rings. The van der Waals surface area contributed by atoms with E-state index in [0.29, 0.717) is 11.1 Å². The quantitative estimate of drug-likeness (QED) is 0.515. The van der Waals surface area contributed by atoms with Crippen molar-refractivity contribution >= 4 is 31.0 Å². The molecule has 2 aromatic carbocycles. The van der Waals surface area contributed by atoms with E-state index in [2.05, 4.69) is 39.1 Å². The zero-order valence-electron chi connectivity index (χ0n) is 13.0. The number of carbonyl (C=O) groups excluding carboxylic acids is 1. The number of rotatable bonds is 6. The fraction of sp³-hybridized carbons (Fsp3) is 0.316. The molecule has 116 valence electrons. The third kappa shape index (κ3) is 3.96. The Morgan fingerprint density at radius 1 is 0.773 bits per heavy atom. The SMILES string of the molecule is CCC(S)c1ccc(C(=O)c2ccc(C(S)CC)cc2)cc1. The highest BCUT2D eigenvalue weighted by atomic mass is 32.1. The summed E-state index contributed by atoms with van der Waals surface area (Å²) in [6.45, 7) is 4.20. The van der Waals surface area contributed by atoms with Gasteiger partial charge in [0, 0.05) is 21.6 Å². The lowest BCUT2D eigenvalue weighted by molar-refractivity contribution is 0.103. The molecule has 0 saturated carbocycles. The summed E-state index contributed by atoms with van der Waals surface area (Å²) >= 11 is 9.05. The van der Waals surface area contributed by atoms with Crippen molar-refractivity contribution in [1.29, 1.82) is 0 Å². The van der Waals surface area contributed by atoms with E-state index in [9.17, 15) is 4.79 Å². The van der Waals surface area contributed by atoms with Gasteiger partial charge in [0.25, 0.3) is 0 Å². The molecule has 0 spiro atoms. The molecule has 0 N–H and O–H groups in total. The largest absolute Gasteiger partial charge is 0.289 e. The maximum atomic E-state index is 12.5. The van der Waals surface area contributed by atoms with E-state index in [0.717, 1.165) is 24.0 Å². The molecular weight excluding hydrogens is 308 g/mol. The van der Waals surface area contributed by atoms with Gasteiger partial charge in [-0.3, -0.25) is 4.79 Å². The highest BCUT2D eigenvalue weighted by Crippen LogP contribution is 2.25. The second kappa shape index (κ2) is 7.89. The second-order valence-electron chi connectivity index (χ2n) is 5.42. The van der Waals surface area contributed by atoms with E-state index in [1.165, 1.54) is 0 Å². The summed E-state index contributed by atoms with van der Waals surface area (Å²) in [5.41, 5.74) is 3.73. The van der Waals surface area contributed by atoms with Crippen LogP contribution in [0.5, 0.6) is 0 Å². The first-order valence-corrected chi connectivity index (χ1v) is 8.70. The fourth-order valence-corrected chi connectivity index (χ4v) is 2.70. The van der Waals surface area contributed by atoms with Crippen molar-refractivity contribution in [2.45, 2.75) is 37.2 Å². The summed E-state index contributed by atoms with van der Waals surface area (Å²) in [4.78, 5) is 12.5. The lowest BCUT2D eigenvalue weighted by Gasteiger charge is -2.10. The maximum absolute atomic E-state index is 12.5. The molecule has 2 atom stereocenters. The van der Waals surface area contributed by atoms with Gasteiger partial charge in [-0.25, -0.2) is 0 Å². The smallest absolute Gasteiger partial charge is 0.193 e. The van der Waals surface area contributed by atoms with E-state index in [-0.39, 0.29) is 16.3 Å². The molecule has 0 aromatic heterocycles. The Morgan fingerprint density at radius 3 is 1.36 bits per heavy atom. The Hall–Kier alpha value is -1.19. The van der Waals surface area contributed by atoms with Gasteiger partial charge in [0.05, 0.1) is 0 Å². The summed E-state index contributed by atoms with van der Waals surface area (Å²) in [6, 6.07) is 15.5. The highest BCUT2D eigenvalue weighted by molar-refractivity contribution is 7.80. The first-order valence-electron chi connectivity index (χ1n) is 7.67. The molecule has 0 aliphatic heterocycles. The van der Waals surface area contributed by atoms with Gasteiger partial charge in [0.15, 0.2) is 5.78 Å². The minimum Gasteiger partial charge on any atom is -0.289 e. The molecule has 22 heavy (non-hydrogen) atoms. The number of thiol groups is 2. The van der Waals surface area contributed by atoms with Gasteiger partial charge >= 0.3 is 0 Å². The molecule has 0 radical (unpaired) electrons. The summed E-state index contributed by atoms with van der Waals surface area (Å²) in [7, 11) is 0. The molecule has 1 nitrogen and oxygen atoms in total. The molecule has 2 aromatic rings. The maximum Gasteiger partial charge on any atom is 0.193 e. The van der Waals surface area contributed by atoms with Crippen molar-refractivity contribution in [3.63, 3.8) is 0 Å². The van der Waals surface area contributed by atoms with Gasteiger partial charge in [-0.15, -0.1) is 0 Å². The van der Waals surface area contributed by atoms with Crippen molar-refractivity contribution in [3.8, 4) is 0 Å². The number of benzene rings is 2. The number of hydrogen-bond donors (Lipinski definition) is 2. The molecule has 0 fully saturated rings. The van der Waals surface area contributed by atoms with Crippen LogP contribution >= 0.6 is 25.3 Å². The number of hydrogen-bond acceptors (Lipinski definition) is 3. The van der Waals surface area contributed by atoms with Gasteiger partial charge in [-0.05, 0) is 24.0 Å². The van der Waals surface area contributed by atoms with Crippen LogP contribution in [0.25, 0.3) is 0 Å². The van der Waals surface area contributed by atoms with Crippen LogP contribution in [0.15, 0.2) is 48.5 Å². The molecule has 2 unspecified atom stereocenters. The Kier molecular flexibility index (Phi) is 6.16. The average molecular weight is 331 g/mol. The zero-order valence-corrected chi connectivity index (χ0v) is 14.8. The third-order valence-corrected chi connectivity index (χ3v) is 5.22. The van der Waals surface area contributed by atoms with E-state index < -0.39 is 0 Å². The highest BCUT2D eigenvalue weighted by Gasteiger charge is 2.11. The monoisotopic (exact) mass is 330 g/mol. The lowest BCUT2D eigenvalue weighted by Crippen LogP contribution is -2.02. The number of carbonyl (C=O) groups is 1. The molecule has 0 aliphatic carbocycles. The standard InChI is InChI=1S/C19H22OS2/c1-3-17(21)13-5-9-15(10-6-13)19(20)16-11-7-14(8-12-16)18(22)4-2/h5-12,17-18,21-22H,3-4H2,1-2H3. The van der Waals surface area contributed by atoms with Crippen LogP contribution in [0.3, 0.4) is 0 Å². The van der Waals surface area contributed by atoms with Crippen LogP contribution in [-0.4, -0.2) is 5.78 Å². The Bertz CT molecular complexity index is 561. The van der Waals surface area contributed by atoms with Crippen molar-refractivity contribution in [2.75, 3.05) is 0 Å². The van der Waals surface area contributed by atoms with Crippen molar-refractivity contribution in [2.24, 2.45) is 0 Å². The van der Waals surface area contributed by atoms with Crippen LogP contribution in [0.2, 0.25) is 0 Å². The van der Waals surface area contributed by atoms with Gasteiger partial charge in [0.1, 0.15) is 0 Å². The van der Waals surface area contributed by atoms with Crippen molar-refractivity contribution < 1.29 is 4.79 Å². The second-order valence-corrected chi connectivity index (χ2v) is 6.67. The van der Waals surface area contributed by atoms with Crippen molar-refractivity contribution in [1.82, 2.24) is 0 Å². The molecule has 0 amide bonds. The zero-order chi connectivity index (χ0) is 16.1. The predicted molar refractivity (Wildman–Crippen MR) is 100 cm³/mol. The summed E-state index contributed by atoms with van der Waals surface area (Å²) in [5, 5.41) is 0.453. The number of ketones is 1. The van der Waals surface area contributed by atoms with Gasteiger partial charge in [0.2, 0.25) is 0 Å². The first kappa shape index (κ1) is 17.2. The van der Waals surface area contributed by atoms with Crippen LogP contribution in [-0.2, 0) is 0 Å². The minimum absolute atomic E-state index is 0.0533. The third-order valence-electron chi connectivity index (χ3n) is 3.89. The van der Waals surface area contributed by atoms with Crippen LogP contribution in [0.1, 0.15) is 64.2 Å². The Morgan fingerprint density at radius 2 is 1.09 bits per heavy atom. The van der Waals surface area contributed by atoms with Crippen LogP contribution < -0.4 is 0 Å². The van der Waals surface area contributed by atoms with E-state index >= 15 is 0 Å². The summed E-state index contributed by atoms with van der Waals surface area (Å²) in [6.07, 6.45) is 1.94. The lowest BCUT2D eigenvalue weighted by atomic mass is 9.99. The normalized spacial score (nSPS) is 13.6. The average Bonchev–Trinajstić information content (AvgIpc) is 2.60. The topological polar surface area (TPSA) is 17.1 Å². The molecule has 3 heteroatoms. The molecule has 0 saturated heterocycles. The van der Waals surface area contributed by atoms with E-state index in [1.807, 2.05) is 48.5 Å². The fourth-order valence-electron chi connectivity index (χ4n) is 2.35. The first-order chi connectivity index (χ1) is 10.6. The van der Waals surface area contributed by atoms with E-state index in [4.69, 9.17) is 0 Å². The minimum atomic E-state index is 0.0533. The summed E-state index contributed by atoms with van der Waals surface area (Å²) in [5.74, 6) is 0.0533. The van der Waals surface area contributed by atoms with E-state index in [1.54, 1.807) is 0 Å². The molecular formula is C19H22OS2. The van der Waals surface area contributed by atoms with Crippen LogP contribution in [0.4, 0.5) is 0 Å². The van der Waals surface area contributed by atoms with Crippen LogP contribution in [0, 0.1) is 0 Å². The summed E-state index contributed by atoms with van der Waals surface area (Å²) < 4.78 is 0. The molecule has 0 bridgehead atoms. The molecule has 0 heterocycles. The Labute approximate surface area is 144 Å². The Balaban J connectivity index is 2.17. The van der Waals surface area contributed by atoms with Gasteiger partial charge in [-0.2, -0.15) is 25.3 Å². The molecule has 2 rings (SSSR count). The van der Waals surface area contributed by atoms with Gasteiger partial charge < -0.3 is 0 Å².